The fourth-order valence-electron chi connectivity index (χ4n) is 4.23. The molecule has 2 amide bonds. The lowest BCUT2D eigenvalue weighted by atomic mass is 9.70. The Bertz CT molecular complexity index is 470. The lowest BCUT2D eigenvalue weighted by molar-refractivity contribution is -0.144. The van der Waals surface area contributed by atoms with Crippen molar-refractivity contribution in [3.63, 3.8) is 0 Å². The van der Waals surface area contributed by atoms with Gasteiger partial charge in [0.05, 0.1) is 18.1 Å². The maximum atomic E-state index is 13.2. The number of nitrogens with zero attached hydrogens (tertiary/aromatic N) is 1. The molecule has 5 atom stereocenters. The smallest absolute Gasteiger partial charge is 0.417 e. The van der Waals surface area contributed by atoms with Crippen LogP contribution < -0.4 is 0 Å². The molecule has 1 aliphatic carbocycles. The highest BCUT2D eigenvalue weighted by Gasteiger charge is 2.50. The van der Waals surface area contributed by atoms with Crippen molar-refractivity contribution < 1.29 is 19.4 Å². The van der Waals surface area contributed by atoms with Crippen LogP contribution in [0.3, 0.4) is 0 Å². The van der Waals surface area contributed by atoms with Crippen molar-refractivity contribution in [3.05, 3.63) is 0 Å². The van der Waals surface area contributed by atoms with Crippen molar-refractivity contribution in [2.75, 3.05) is 6.61 Å². The summed E-state index contributed by atoms with van der Waals surface area (Å²) in [5, 5.41) is 10.6. The van der Waals surface area contributed by atoms with Gasteiger partial charge in [0.2, 0.25) is 5.91 Å². The van der Waals surface area contributed by atoms with E-state index >= 15 is 0 Å². The molecule has 0 spiro atoms. The van der Waals surface area contributed by atoms with E-state index in [9.17, 15) is 14.7 Å². The molecule has 0 bridgehead atoms. The zero-order valence-corrected chi connectivity index (χ0v) is 15.7. The Kier molecular flexibility index (Phi) is 5.95. The number of imide groups is 1. The Morgan fingerprint density at radius 3 is 2.58 bits per heavy atom. The first-order valence-corrected chi connectivity index (χ1v) is 9.34. The summed E-state index contributed by atoms with van der Waals surface area (Å²) < 4.78 is 5.17. The van der Waals surface area contributed by atoms with E-state index < -0.39 is 18.1 Å². The molecule has 0 aromatic heterocycles. The van der Waals surface area contributed by atoms with Gasteiger partial charge in [0.1, 0.15) is 6.61 Å². The SMILES string of the molecule is CCCC[C@@H]1C[C@H](C)C[C@@H](O)[C@H]1C(=O)N1C(=O)OC[C@H]1C(C)(C)C. The first kappa shape index (κ1) is 19.2. The van der Waals surface area contributed by atoms with Gasteiger partial charge >= 0.3 is 6.09 Å². The van der Waals surface area contributed by atoms with E-state index in [1.54, 1.807) is 0 Å². The summed E-state index contributed by atoms with van der Waals surface area (Å²) in [4.78, 5) is 26.7. The Balaban J connectivity index is 2.24. The molecule has 0 unspecified atom stereocenters. The van der Waals surface area contributed by atoms with Crippen molar-refractivity contribution in [1.82, 2.24) is 4.90 Å². The number of unbranched alkanes of at least 4 members (excludes halogenated alkanes) is 1. The van der Waals surface area contributed by atoms with Gasteiger partial charge in [-0.1, -0.05) is 47.5 Å². The van der Waals surface area contributed by atoms with Gasteiger partial charge in [-0.15, -0.1) is 0 Å². The van der Waals surface area contributed by atoms with E-state index in [0.29, 0.717) is 12.3 Å². The molecule has 138 valence electrons. The maximum absolute atomic E-state index is 13.2. The van der Waals surface area contributed by atoms with E-state index in [2.05, 4.69) is 13.8 Å². The molecule has 24 heavy (non-hydrogen) atoms. The number of amides is 2. The lowest BCUT2D eigenvalue weighted by Crippen LogP contribution is -2.53. The zero-order valence-electron chi connectivity index (χ0n) is 15.7. The summed E-state index contributed by atoms with van der Waals surface area (Å²) in [6.45, 7) is 10.5. The molecule has 5 heteroatoms. The van der Waals surface area contributed by atoms with Crippen LogP contribution in [-0.2, 0) is 9.53 Å². The fraction of sp³-hybridized carbons (Fsp3) is 0.895. The van der Waals surface area contributed by atoms with Crippen LogP contribution in [0.15, 0.2) is 0 Å². The van der Waals surface area contributed by atoms with Crippen molar-refractivity contribution in [2.45, 2.75) is 78.9 Å². The normalized spacial score (nSPS) is 34.3. The third-order valence-corrected chi connectivity index (χ3v) is 5.60. The molecular formula is C19H33NO4. The van der Waals surface area contributed by atoms with E-state index in [1.165, 1.54) is 4.90 Å². The van der Waals surface area contributed by atoms with Crippen molar-refractivity contribution >= 4 is 12.0 Å². The van der Waals surface area contributed by atoms with Crippen LogP contribution in [0.2, 0.25) is 0 Å². The minimum Gasteiger partial charge on any atom is -0.447 e. The molecule has 5 nitrogen and oxygen atoms in total. The number of aliphatic hydroxyl groups is 1. The second-order valence-corrected chi connectivity index (χ2v) is 8.74. The predicted octanol–water partition coefficient (Wildman–Crippen LogP) is 3.59. The standard InChI is InChI=1S/C19H33NO4/c1-6-7-8-13-9-12(2)10-14(21)16(13)17(22)20-15(19(3,4)5)11-24-18(20)23/h12-16,21H,6-11H2,1-5H3/t12-,13+,14+,15-,16-/m0/s1. The summed E-state index contributed by atoms with van der Waals surface area (Å²) in [6.07, 6.45) is 3.38. The number of cyclic esters (lactones) is 1. The van der Waals surface area contributed by atoms with Crippen LogP contribution in [0.4, 0.5) is 4.79 Å². The number of aliphatic hydroxyl groups excluding tert-OH is 1. The molecule has 2 rings (SSSR count). The first-order valence-electron chi connectivity index (χ1n) is 9.34. The number of ether oxygens (including phenoxy) is 1. The molecule has 2 fully saturated rings. The monoisotopic (exact) mass is 339 g/mol. The molecule has 1 saturated heterocycles. The van der Waals surface area contributed by atoms with Crippen LogP contribution in [0.1, 0.15) is 66.7 Å². The minimum atomic E-state index is -0.669. The number of carbonyl (C=O) groups is 2. The van der Waals surface area contributed by atoms with Gasteiger partial charge in [-0.25, -0.2) is 9.69 Å². The van der Waals surface area contributed by atoms with E-state index in [-0.39, 0.29) is 29.9 Å². The van der Waals surface area contributed by atoms with Crippen LogP contribution in [-0.4, -0.2) is 40.8 Å². The summed E-state index contributed by atoms with van der Waals surface area (Å²) in [5.41, 5.74) is -0.242. The van der Waals surface area contributed by atoms with E-state index in [0.717, 1.165) is 25.7 Å². The average Bonchev–Trinajstić information content (AvgIpc) is 2.85. The minimum absolute atomic E-state index is 0.144. The highest BCUT2D eigenvalue weighted by molar-refractivity contribution is 5.95. The second kappa shape index (κ2) is 7.42. The molecule has 0 aromatic rings. The number of rotatable bonds is 4. The number of hydrogen-bond acceptors (Lipinski definition) is 4. The molecule has 2 aliphatic rings. The highest BCUT2D eigenvalue weighted by atomic mass is 16.6. The maximum Gasteiger partial charge on any atom is 0.417 e. The van der Waals surface area contributed by atoms with Crippen LogP contribution in [0, 0.1) is 23.2 Å². The zero-order chi connectivity index (χ0) is 18.1. The van der Waals surface area contributed by atoms with E-state index in [1.807, 2.05) is 20.8 Å². The van der Waals surface area contributed by atoms with Gasteiger partial charge in [0.15, 0.2) is 0 Å². The summed E-state index contributed by atoms with van der Waals surface area (Å²) in [6, 6.07) is -0.268. The van der Waals surface area contributed by atoms with Crippen LogP contribution >= 0.6 is 0 Å². The van der Waals surface area contributed by atoms with Gasteiger partial charge in [-0.05, 0) is 36.5 Å². The van der Waals surface area contributed by atoms with Gasteiger partial charge in [0.25, 0.3) is 0 Å². The van der Waals surface area contributed by atoms with Crippen LogP contribution in [0.5, 0.6) is 0 Å². The first-order chi connectivity index (χ1) is 11.2. The average molecular weight is 339 g/mol. The largest absolute Gasteiger partial charge is 0.447 e. The lowest BCUT2D eigenvalue weighted by Gasteiger charge is -2.41. The summed E-state index contributed by atoms with van der Waals surface area (Å²) in [7, 11) is 0. The molecule has 0 aromatic carbocycles. The van der Waals surface area contributed by atoms with Gasteiger partial charge in [-0.3, -0.25) is 4.79 Å². The highest BCUT2D eigenvalue weighted by Crippen LogP contribution is 2.40. The molecule has 1 N–H and O–H groups in total. The van der Waals surface area contributed by atoms with Gasteiger partial charge < -0.3 is 9.84 Å². The second-order valence-electron chi connectivity index (χ2n) is 8.74. The third kappa shape index (κ3) is 3.93. The van der Waals surface area contributed by atoms with Crippen molar-refractivity contribution in [3.8, 4) is 0 Å². The predicted molar refractivity (Wildman–Crippen MR) is 92.3 cm³/mol. The third-order valence-electron chi connectivity index (χ3n) is 5.60. The molecule has 1 saturated carbocycles. The Hall–Kier alpha value is -1.10. The summed E-state index contributed by atoms with van der Waals surface area (Å²) >= 11 is 0. The summed E-state index contributed by atoms with van der Waals surface area (Å²) in [5.74, 6) is -0.166. The topological polar surface area (TPSA) is 66.8 Å². The number of carbonyl (C=O) groups excluding carboxylic acids is 2. The van der Waals surface area contributed by atoms with Gasteiger partial charge in [0, 0.05) is 0 Å². The molecule has 1 aliphatic heterocycles. The molecule has 0 radical (unpaired) electrons. The number of hydrogen-bond donors (Lipinski definition) is 1. The quantitative estimate of drug-likeness (QED) is 0.850. The Morgan fingerprint density at radius 1 is 1.33 bits per heavy atom. The Morgan fingerprint density at radius 2 is 2.00 bits per heavy atom. The Labute approximate surface area is 145 Å². The fourth-order valence-corrected chi connectivity index (χ4v) is 4.23. The van der Waals surface area contributed by atoms with Gasteiger partial charge in [-0.2, -0.15) is 0 Å². The molecule has 1 heterocycles. The molecular weight excluding hydrogens is 306 g/mol. The van der Waals surface area contributed by atoms with E-state index in [4.69, 9.17) is 4.74 Å². The van der Waals surface area contributed by atoms with Crippen molar-refractivity contribution in [1.29, 1.82) is 0 Å². The van der Waals surface area contributed by atoms with Crippen LogP contribution in [0.25, 0.3) is 0 Å². The van der Waals surface area contributed by atoms with Crippen molar-refractivity contribution in [2.24, 2.45) is 23.2 Å².